The van der Waals surface area contributed by atoms with Crippen LogP contribution in [0.15, 0.2) is 0 Å². The Hall–Kier alpha value is -0.0600. The summed E-state index contributed by atoms with van der Waals surface area (Å²) >= 11 is 0. The summed E-state index contributed by atoms with van der Waals surface area (Å²) in [4.78, 5) is 0. The number of rotatable bonds is 0. The van der Waals surface area contributed by atoms with Crippen LogP contribution in [0, 0.1) is 5.92 Å². The molecular formula is C7H11F3OS. The van der Waals surface area contributed by atoms with Crippen molar-refractivity contribution in [2.24, 2.45) is 5.92 Å². The molecule has 0 aliphatic carbocycles. The van der Waals surface area contributed by atoms with E-state index >= 15 is 0 Å². The largest absolute Gasteiger partial charge is 0.403 e. The molecule has 72 valence electrons. The Morgan fingerprint density at radius 1 is 1.42 bits per heavy atom. The molecule has 0 N–H and O–H groups in total. The first kappa shape index (κ1) is 10.0. The molecule has 1 aliphatic heterocycles. The Kier molecular flexibility index (Phi) is 2.81. The van der Waals surface area contributed by atoms with E-state index in [9.17, 15) is 17.4 Å². The van der Waals surface area contributed by atoms with E-state index < -0.39 is 22.2 Å². The van der Waals surface area contributed by atoms with Crippen LogP contribution in [0.5, 0.6) is 0 Å². The van der Waals surface area contributed by atoms with Gasteiger partial charge in [0.1, 0.15) is 5.25 Å². The van der Waals surface area contributed by atoms with Crippen molar-refractivity contribution >= 4 is 10.8 Å². The van der Waals surface area contributed by atoms with Crippen molar-refractivity contribution in [3.63, 3.8) is 0 Å². The van der Waals surface area contributed by atoms with E-state index in [1.54, 1.807) is 6.92 Å². The summed E-state index contributed by atoms with van der Waals surface area (Å²) in [5.41, 5.74) is 0. The van der Waals surface area contributed by atoms with Gasteiger partial charge in [-0.05, 0) is 18.8 Å². The van der Waals surface area contributed by atoms with Crippen LogP contribution in [0.3, 0.4) is 0 Å². The lowest BCUT2D eigenvalue weighted by molar-refractivity contribution is -0.133. The second kappa shape index (κ2) is 3.36. The lowest BCUT2D eigenvalue weighted by Crippen LogP contribution is -2.39. The molecule has 1 aliphatic rings. The average molecular weight is 200 g/mol. The number of hydrogen-bond donors (Lipinski definition) is 0. The van der Waals surface area contributed by atoms with Crippen LogP contribution in [-0.2, 0) is 10.8 Å². The zero-order chi connectivity index (χ0) is 9.35. The van der Waals surface area contributed by atoms with Crippen LogP contribution in [0.25, 0.3) is 0 Å². The molecule has 0 aromatic heterocycles. The van der Waals surface area contributed by atoms with Gasteiger partial charge < -0.3 is 0 Å². The maximum Gasteiger partial charge on any atom is 0.403 e. The molecule has 3 unspecified atom stereocenters. The molecule has 0 aromatic carbocycles. The maximum atomic E-state index is 12.2. The Labute approximate surface area is 71.8 Å². The van der Waals surface area contributed by atoms with Crippen LogP contribution in [-0.4, -0.2) is 21.4 Å². The predicted molar refractivity (Wildman–Crippen MR) is 41.3 cm³/mol. The molecular weight excluding hydrogens is 189 g/mol. The van der Waals surface area contributed by atoms with Crippen LogP contribution in [0.2, 0.25) is 0 Å². The molecule has 3 atom stereocenters. The summed E-state index contributed by atoms with van der Waals surface area (Å²) in [5, 5.41) is -1.58. The summed E-state index contributed by atoms with van der Waals surface area (Å²) in [6.07, 6.45) is -3.60. The first-order valence-electron chi connectivity index (χ1n) is 3.85. The van der Waals surface area contributed by atoms with Crippen LogP contribution in [0.4, 0.5) is 13.2 Å². The van der Waals surface area contributed by atoms with Gasteiger partial charge in [-0.25, -0.2) is 0 Å². The van der Waals surface area contributed by atoms with Gasteiger partial charge >= 0.3 is 6.18 Å². The molecule has 0 amide bonds. The quantitative estimate of drug-likeness (QED) is 0.585. The molecule has 0 aromatic rings. The van der Waals surface area contributed by atoms with Gasteiger partial charge in [0.25, 0.3) is 0 Å². The van der Waals surface area contributed by atoms with Crippen LogP contribution >= 0.6 is 0 Å². The fraction of sp³-hybridized carbons (Fsp3) is 1.00. The van der Waals surface area contributed by atoms with Gasteiger partial charge in [0.15, 0.2) is 0 Å². The molecule has 12 heavy (non-hydrogen) atoms. The van der Waals surface area contributed by atoms with E-state index in [-0.39, 0.29) is 18.1 Å². The molecule has 0 spiro atoms. The third kappa shape index (κ3) is 2.21. The van der Waals surface area contributed by atoms with Crippen LogP contribution in [0.1, 0.15) is 19.8 Å². The van der Waals surface area contributed by atoms with E-state index in [1.807, 2.05) is 0 Å². The minimum Gasteiger partial charge on any atom is -0.259 e. The van der Waals surface area contributed by atoms with Gasteiger partial charge in [0.05, 0.1) is 0 Å². The highest BCUT2D eigenvalue weighted by Crippen LogP contribution is 2.33. The molecule has 0 radical (unpaired) electrons. The Morgan fingerprint density at radius 2 is 2.00 bits per heavy atom. The van der Waals surface area contributed by atoms with Gasteiger partial charge in [-0.3, -0.25) is 4.21 Å². The number of alkyl halides is 3. The van der Waals surface area contributed by atoms with Crippen molar-refractivity contribution in [1.82, 2.24) is 0 Å². The second-order valence-electron chi connectivity index (χ2n) is 3.24. The van der Waals surface area contributed by atoms with Crippen molar-refractivity contribution in [2.75, 3.05) is 5.75 Å². The van der Waals surface area contributed by atoms with E-state index in [0.29, 0.717) is 6.42 Å². The standard InChI is InChI=1S/C7H11F3OS/c1-5-2-3-12(11)6(4-5)7(8,9)10/h5-6H,2-4H2,1H3. The molecule has 1 heterocycles. The Morgan fingerprint density at radius 3 is 2.42 bits per heavy atom. The summed E-state index contributed by atoms with van der Waals surface area (Å²) in [6, 6.07) is 0. The molecule has 1 fully saturated rings. The zero-order valence-corrected chi connectivity index (χ0v) is 7.54. The Bertz CT molecular complexity index is 190. The summed E-state index contributed by atoms with van der Waals surface area (Å²) < 4.78 is 47.5. The van der Waals surface area contributed by atoms with E-state index in [2.05, 4.69) is 0 Å². The third-order valence-corrected chi connectivity index (χ3v) is 3.84. The van der Waals surface area contributed by atoms with E-state index in [4.69, 9.17) is 0 Å². The monoisotopic (exact) mass is 200 g/mol. The normalized spacial score (nSPS) is 38.2. The lowest BCUT2D eigenvalue weighted by atomic mass is 10.0. The summed E-state index contributed by atoms with van der Waals surface area (Å²) in [5.74, 6) is 0.250. The molecule has 0 saturated carbocycles. The van der Waals surface area contributed by atoms with Crippen molar-refractivity contribution < 1.29 is 17.4 Å². The lowest BCUT2D eigenvalue weighted by Gasteiger charge is -2.27. The topological polar surface area (TPSA) is 17.1 Å². The van der Waals surface area contributed by atoms with Gasteiger partial charge in [-0.2, -0.15) is 13.2 Å². The van der Waals surface area contributed by atoms with Gasteiger partial charge in [0.2, 0.25) is 0 Å². The average Bonchev–Trinajstić information content (AvgIpc) is 1.92. The van der Waals surface area contributed by atoms with Crippen molar-refractivity contribution in [3.05, 3.63) is 0 Å². The SMILES string of the molecule is CC1CCS(=O)C(C(F)(F)F)C1. The smallest absolute Gasteiger partial charge is 0.259 e. The molecule has 1 rings (SSSR count). The third-order valence-electron chi connectivity index (χ3n) is 2.11. The van der Waals surface area contributed by atoms with Crippen molar-refractivity contribution in [1.29, 1.82) is 0 Å². The highest BCUT2D eigenvalue weighted by atomic mass is 32.2. The van der Waals surface area contributed by atoms with E-state index in [1.165, 1.54) is 0 Å². The summed E-state index contributed by atoms with van der Waals surface area (Å²) in [7, 11) is -1.69. The van der Waals surface area contributed by atoms with E-state index in [0.717, 1.165) is 0 Å². The van der Waals surface area contributed by atoms with Gasteiger partial charge in [0, 0.05) is 16.6 Å². The molecule has 1 nitrogen and oxygen atoms in total. The van der Waals surface area contributed by atoms with Gasteiger partial charge in [-0.1, -0.05) is 6.92 Å². The molecule has 1 saturated heterocycles. The zero-order valence-electron chi connectivity index (χ0n) is 6.73. The van der Waals surface area contributed by atoms with Crippen molar-refractivity contribution in [2.45, 2.75) is 31.2 Å². The van der Waals surface area contributed by atoms with Crippen LogP contribution < -0.4 is 0 Å². The fourth-order valence-corrected chi connectivity index (χ4v) is 3.09. The minimum absolute atomic E-state index is 0.0239. The summed E-state index contributed by atoms with van der Waals surface area (Å²) in [6.45, 7) is 1.77. The van der Waals surface area contributed by atoms with Gasteiger partial charge in [-0.15, -0.1) is 0 Å². The number of halogens is 3. The molecule has 5 heteroatoms. The first-order valence-corrected chi connectivity index (χ1v) is 5.23. The highest BCUT2D eigenvalue weighted by Gasteiger charge is 2.45. The highest BCUT2D eigenvalue weighted by molar-refractivity contribution is 7.85. The number of hydrogen-bond acceptors (Lipinski definition) is 1. The molecule has 0 bridgehead atoms. The van der Waals surface area contributed by atoms with Crippen molar-refractivity contribution in [3.8, 4) is 0 Å². The maximum absolute atomic E-state index is 12.2. The fourth-order valence-electron chi connectivity index (χ4n) is 1.33. The minimum atomic E-state index is -4.28. The Balaban J connectivity index is 2.68. The predicted octanol–water partition coefficient (Wildman–Crippen LogP) is 2.10. The first-order chi connectivity index (χ1) is 5.41. The second-order valence-corrected chi connectivity index (χ2v) is 4.98.